The van der Waals surface area contributed by atoms with Crippen LogP contribution in [0.4, 0.5) is 11.5 Å². The number of halogens is 1. The van der Waals surface area contributed by atoms with Crippen LogP contribution in [-0.2, 0) is 18.6 Å². The SMILES string of the molecule is O=C1CC(S(=O)(=O)Cl)CN1c1ccc(N2CCOCC2)nc1. The summed E-state index contributed by atoms with van der Waals surface area (Å²) in [4.78, 5) is 19.8. The van der Waals surface area contributed by atoms with E-state index in [2.05, 4.69) is 9.88 Å². The number of carbonyl (C=O) groups is 1. The van der Waals surface area contributed by atoms with E-state index in [1.54, 1.807) is 12.3 Å². The van der Waals surface area contributed by atoms with Gasteiger partial charge in [0, 0.05) is 36.7 Å². The zero-order chi connectivity index (χ0) is 15.7. The molecular formula is C13H16ClN3O4S. The second kappa shape index (κ2) is 6.02. The minimum Gasteiger partial charge on any atom is -0.378 e. The van der Waals surface area contributed by atoms with Gasteiger partial charge in [-0.3, -0.25) is 4.79 Å². The molecule has 0 saturated carbocycles. The maximum absolute atomic E-state index is 12.0. The molecule has 1 amide bonds. The summed E-state index contributed by atoms with van der Waals surface area (Å²) in [6.45, 7) is 2.97. The molecule has 1 atom stereocenters. The van der Waals surface area contributed by atoms with Crippen LogP contribution in [0.25, 0.3) is 0 Å². The van der Waals surface area contributed by atoms with Gasteiger partial charge in [0.25, 0.3) is 0 Å². The van der Waals surface area contributed by atoms with Crippen molar-refractivity contribution in [2.45, 2.75) is 11.7 Å². The molecule has 0 spiro atoms. The summed E-state index contributed by atoms with van der Waals surface area (Å²) in [6, 6.07) is 3.61. The molecule has 2 aliphatic rings. The van der Waals surface area contributed by atoms with Crippen molar-refractivity contribution in [2.24, 2.45) is 0 Å². The van der Waals surface area contributed by atoms with Crippen LogP contribution in [0.3, 0.4) is 0 Å². The average molecular weight is 346 g/mol. The number of hydrogen-bond donors (Lipinski definition) is 0. The number of aromatic nitrogens is 1. The zero-order valence-corrected chi connectivity index (χ0v) is 13.4. The molecule has 0 N–H and O–H groups in total. The second-order valence-corrected chi connectivity index (χ2v) is 8.19. The number of ether oxygens (including phenoxy) is 1. The molecule has 120 valence electrons. The Kier molecular flexibility index (Phi) is 4.24. The molecule has 0 aliphatic carbocycles. The number of hydrogen-bond acceptors (Lipinski definition) is 6. The van der Waals surface area contributed by atoms with Gasteiger partial charge in [-0.05, 0) is 12.1 Å². The normalized spacial score (nSPS) is 23.1. The van der Waals surface area contributed by atoms with Crippen molar-refractivity contribution in [3.63, 3.8) is 0 Å². The van der Waals surface area contributed by atoms with E-state index in [1.807, 2.05) is 6.07 Å². The first-order valence-electron chi connectivity index (χ1n) is 6.98. The molecule has 0 aromatic carbocycles. The zero-order valence-electron chi connectivity index (χ0n) is 11.8. The molecule has 1 aromatic heterocycles. The number of morpholine rings is 1. The van der Waals surface area contributed by atoms with E-state index in [0.29, 0.717) is 18.9 Å². The van der Waals surface area contributed by atoms with Gasteiger partial charge in [-0.1, -0.05) is 0 Å². The topological polar surface area (TPSA) is 79.8 Å². The Morgan fingerprint density at radius 2 is 2.00 bits per heavy atom. The summed E-state index contributed by atoms with van der Waals surface area (Å²) in [5.74, 6) is 0.565. The van der Waals surface area contributed by atoms with Gasteiger partial charge >= 0.3 is 0 Å². The summed E-state index contributed by atoms with van der Waals surface area (Å²) >= 11 is 0. The number of amides is 1. The fraction of sp³-hybridized carbons (Fsp3) is 0.538. The molecule has 22 heavy (non-hydrogen) atoms. The predicted octanol–water partition coefficient (Wildman–Crippen LogP) is 0.592. The molecular weight excluding hydrogens is 330 g/mol. The lowest BCUT2D eigenvalue weighted by Crippen LogP contribution is -2.36. The minimum absolute atomic E-state index is 0.0727. The Balaban J connectivity index is 1.74. The highest BCUT2D eigenvalue weighted by atomic mass is 35.7. The first kappa shape index (κ1) is 15.5. The predicted molar refractivity (Wildman–Crippen MR) is 82.8 cm³/mol. The average Bonchev–Trinajstić information content (AvgIpc) is 2.90. The molecule has 0 bridgehead atoms. The molecule has 3 rings (SSSR count). The van der Waals surface area contributed by atoms with Gasteiger partial charge in [0.2, 0.25) is 15.0 Å². The van der Waals surface area contributed by atoms with E-state index < -0.39 is 14.3 Å². The van der Waals surface area contributed by atoms with Crippen LogP contribution in [0, 0.1) is 0 Å². The summed E-state index contributed by atoms with van der Waals surface area (Å²) in [5, 5.41) is -0.861. The van der Waals surface area contributed by atoms with E-state index >= 15 is 0 Å². The highest BCUT2D eigenvalue weighted by Crippen LogP contribution is 2.27. The molecule has 2 saturated heterocycles. The second-order valence-electron chi connectivity index (χ2n) is 5.28. The number of pyridine rings is 1. The summed E-state index contributed by atoms with van der Waals surface area (Å²) < 4.78 is 28.0. The number of anilines is 2. The standard InChI is InChI=1S/C13H16ClN3O4S/c14-22(19,20)11-7-13(18)17(9-11)10-1-2-12(15-8-10)16-3-5-21-6-4-16/h1-2,8,11H,3-7,9H2. The van der Waals surface area contributed by atoms with Crippen molar-refractivity contribution in [1.82, 2.24) is 4.98 Å². The van der Waals surface area contributed by atoms with Crippen molar-refractivity contribution >= 4 is 37.1 Å². The molecule has 0 radical (unpaired) electrons. The highest BCUT2D eigenvalue weighted by molar-refractivity contribution is 8.14. The lowest BCUT2D eigenvalue weighted by Gasteiger charge is -2.28. The van der Waals surface area contributed by atoms with E-state index in [1.165, 1.54) is 4.90 Å². The Morgan fingerprint density at radius 1 is 1.27 bits per heavy atom. The minimum atomic E-state index is -3.73. The Labute approximate surface area is 133 Å². The monoisotopic (exact) mass is 345 g/mol. The Hall–Kier alpha value is -1.38. The van der Waals surface area contributed by atoms with Gasteiger partial charge in [-0.15, -0.1) is 0 Å². The van der Waals surface area contributed by atoms with Crippen LogP contribution in [0.2, 0.25) is 0 Å². The third-order valence-corrected chi connectivity index (χ3v) is 5.73. The molecule has 1 unspecified atom stereocenters. The quantitative estimate of drug-likeness (QED) is 0.746. The molecule has 2 fully saturated rings. The summed E-state index contributed by atoms with van der Waals surface area (Å²) in [5.41, 5.74) is 0.588. The van der Waals surface area contributed by atoms with Crippen molar-refractivity contribution in [3.05, 3.63) is 18.3 Å². The van der Waals surface area contributed by atoms with Gasteiger partial charge in [-0.2, -0.15) is 0 Å². The van der Waals surface area contributed by atoms with E-state index in [4.69, 9.17) is 15.4 Å². The molecule has 2 aliphatic heterocycles. The van der Waals surface area contributed by atoms with Crippen molar-refractivity contribution in [1.29, 1.82) is 0 Å². The largest absolute Gasteiger partial charge is 0.378 e. The van der Waals surface area contributed by atoms with Crippen molar-refractivity contribution < 1.29 is 17.9 Å². The molecule has 7 nitrogen and oxygen atoms in total. The van der Waals surface area contributed by atoms with Gasteiger partial charge in [0.15, 0.2) is 0 Å². The smallest absolute Gasteiger partial charge is 0.237 e. The molecule has 9 heteroatoms. The number of rotatable bonds is 3. The third kappa shape index (κ3) is 3.18. The van der Waals surface area contributed by atoms with E-state index in [9.17, 15) is 13.2 Å². The van der Waals surface area contributed by atoms with E-state index in [0.717, 1.165) is 18.9 Å². The van der Waals surface area contributed by atoms with Crippen LogP contribution in [0.15, 0.2) is 18.3 Å². The molecule has 1 aromatic rings. The number of carbonyl (C=O) groups excluding carboxylic acids is 1. The van der Waals surface area contributed by atoms with Crippen molar-refractivity contribution in [2.75, 3.05) is 42.6 Å². The maximum atomic E-state index is 12.0. The van der Waals surface area contributed by atoms with Crippen LogP contribution in [0.1, 0.15) is 6.42 Å². The first-order valence-corrected chi connectivity index (χ1v) is 9.35. The van der Waals surface area contributed by atoms with Crippen LogP contribution < -0.4 is 9.80 Å². The maximum Gasteiger partial charge on any atom is 0.237 e. The molecule has 3 heterocycles. The number of nitrogens with zero attached hydrogens (tertiary/aromatic N) is 3. The van der Waals surface area contributed by atoms with Gasteiger partial charge in [-0.25, -0.2) is 13.4 Å². The Morgan fingerprint density at radius 3 is 2.55 bits per heavy atom. The van der Waals surface area contributed by atoms with Crippen molar-refractivity contribution in [3.8, 4) is 0 Å². The van der Waals surface area contributed by atoms with Gasteiger partial charge in [0.1, 0.15) is 11.1 Å². The van der Waals surface area contributed by atoms with Crippen LogP contribution in [-0.4, -0.2) is 57.4 Å². The van der Waals surface area contributed by atoms with Gasteiger partial charge < -0.3 is 14.5 Å². The fourth-order valence-corrected chi connectivity index (χ4v) is 3.66. The Bertz CT molecular complexity index is 658. The lowest BCUT2D eigenvalue weighted by atomic mass is 10.3. The highest BCUT2D eigenvalue weighted by Gasteiger charge is 2.38. The first-order chi connectivity index (χ1) is 10.4. The van der Waals surface area contributed by atoms with E-state index in [-0.39, 0.29) is 18.9 Å². The summed E-state index contributed by atoms with van der Waals surface area (Å²) in [6.07, 6.45) is 1.50. The van der Waals surface area contributed by atoms with Crippen LogP contribution in [0.5, 0.6) is 0 Å². The third-order valence-electron chi connectivity index (χ3n) is 3.87. The summed E-state index contributed by atoms with van der Waals surface area (Å²) in [7, 11) is 1.61. The lowest BCUT2D eigenvalue weighted by molar-refractivity contribution is -0.117. The fourth-order valence-electron chi connectivity index (χ4n) is 2.63. The van der Waals surface area contributed by atoms with Gasteiger partial charge in [0.05, 0.1) is 25.1 Å². The van der Waals surface area contributed by atoms with Crippen LogP contribution >= 0.6 is 10.7 Å².